The predicted octanol–water partition coefficient (Wildman–Crippen LogP) is -0.227. The highest BCUT2D eigenvalue weighted by Gasteiger charge is 2.06. The van der Waals surface area contributed by atoms with Gasteiger partial charge < -0.3 is 9.22 Å². The van der Waals surface area contributed by atoms with E-state index in [0.717, 1.165) is 33.7 Å². The van der Waals surface area contributed by atoms with Crippen LogP contribution in [0.3, 0.4) is 0 Å². The average Bonchev–Trinajstić information content (AvgIpc) is 1.97. The van der Waals surface area contributed by atoms with Crippen LogP contribution in [-0.2, 0) is 9.53 Å². The van der Waals surface area contributed by atoms with E-state index in [0.29, 0.717) is 6.61 Å². The van der Waals surface area contributed by atoms with E-state index >= 15 is 0 Å². The summed E-state index contributed by atoms with van der Waals surface area (Å²) in [7, 11) is 6.37. The van der Waals surface area contributed by atoms with E-state index < -0.39 is 0 Å². The molecule has 0 fully saturated rings. The molecule has 0 unspecified atom stereocenters. The van der Waals surface area contributed by atoms with Crippen LogP contribution >= 0.6 is 0 Å². The Morgan fingerprint density at radius 2 is 2.08 bits per heavy atom. The van der Waals surface area contributed by atoms with Crippen LogP contribution in [0.5, 0.6) is 0 Å². The van der Waals surface area contributed by atoms with Gasteiger partial charge in [-0.3, -0.25) is 0 Å². The lowest BCUT2D eigenvalue weighted by Gasteiger charge is -2.23. The lowest BCUT2D eigenvalue weighted by atomic mass is 10.4. The normalized spacial score (nSPS) is 11.9. The molecule has 0 aliphatic carbocycles. The summed E-state index contributed by atoms with van der Waals surface area (Å²) in [5, 5.41) is 0. The van der Waals surface area contributed by atoms with E-state index in [2.05, 4.69) is 21.1 Å². The first-order chi connectivity index (χ1) is 5.95. The minimum atomic E-state index is -0.212. The van der Waals surface area contributed by atoms with Crippen molar-refractivity contribution in [2.75, 3.05) is 34.3 Å². The Labute approximate surface area is 88.4 Å². The summed E-state index contributed by atoms with van der Waals surface area (Å²) in [5.41, 5.74) is 0. The van der Waals surface area contributed by atoms with Crippen LogP contribution in [-0.4, -0.2) is 61.0 Å². The maximum atomic E-state index is 10.9. The van der Waals surface area contributed by atoms with Gasteiger partial charge in [-0.2, -0.15) is 0 Å². The molecule has 0 saturated carbocycles. The van der Waals surface area contributed by atoms with Crippen molar-refractivity contribution >= 4 is 22.3 Å². The number of esters is 1. The molecule has 0 radical (unpaired) electrons. The van der Waals surface area contributed by atoms with E-state index in [-0.39, 0.29) is 5.97 Å². The summed E-state index contributed by atoms with van der Waals surface area (Å²) in [6.45, 7) is 1.55. The van der Waals surface area contributed by atoms with E-state index in [1.807, 2.05) is 4.94 Å². The SMILES string of the molecule is C[N+](C)(C)CCCOC(=O)/C=[CH]/[AlH2]. The van der Waals surface area contributed by atoms with Gasteiger partial charge in [0.15, 0.2) is 0 Å². The smallest absolute Gasteiger partial charge is 0.328 e. The molecule has 0 aliphatic rings. The first-order valence-corrected chi connectivity index (χ1v) is 5.71. The molecular weight excluding hydrogens is 181 g/mol. The molecule has 0 N–H and O–H groups in total. The molecule has 13 heavy (non-hydrogen) atoms. The standard InChI is InChI=1S/C9H17NO2.Al.2H/c1-5-9(11)12-8-6-7-10(2,3)4;;;/h1,5H,6-8H2,2-4H3;;;/q+1;;;. The second-order valence-corrected chi connectivity index (χ2v) is 4.70. The number of quaternary nitrogens is 1. The molecule has 0 rings (SSSR count). The van der Waals surface area contributed by atoms with E-state index in [1.165, 1.54) is 6.08 Å². The third-order valence-corrected chi connectivity index (χ3v) is 1.85. The van der Waals surface area contributed by atoms with Gasteiger partial charge in [0.1, 0.15) is 0 Å². The van der Waals surface area contributed by atoms with Gasteiger partial charge in [-0.1, -0.05) is 0 Å². The monoisotopic (exact) mass is 200 g/mol. The summed E-state index contributed by atoms with van der Waals surface area (Å²) in [5.74, 6) is -0.212. The molecule has 0 heterocycles. The Kier molecular flexibility index (Phi) is 6.06. The fraction of sp³-hybridized carbons (Fsp3) is 0.667. The molecule has 0 aliphatic heterocycles. The zero-order chi connectivity index (χ0) is 10.3. The molecule has 0 aromatic heterocycles. The third kappa shape index (κ3) is 9.62. The second-order valence-electron chi connectivity index (χ2n) is 4.03. The quantitative estimate of drug-likeness (QED) is 0.201. The number of ether oxygens (including phenoxy) is 1. The van der Waals surface area contributed by atoms with Crippen LogP contribution in [0.4, 0.5) is 0 Å². The van der Waals surface area contributed by atoms with Gasteiger partial charge in [-0.15, -0.1) is 4.94 Å². The van der Waals surface area contributed by atoms with Crippen molar-refractivity contribution < 1.29 is 14.0 Å². The van der Waals surface area contributed by atoms with Gasteiger partial charge in [0.2, 0.25) is 16.3 Å². The second kappa shape index (κ2) is 6.20. The minimum Gasteiger partial charge on any atom is -0.462 e. The molecule has 74 valence electrons. The largest absolute Gasteiger partial charge is 0.462 e. The van der Waals surface area contributed by atoms with Crippen LogP contribution < -0.4 is 0 Å². The zero-order valence-corrected chi connectivity index (χ0v) is 11.0. The summed E-state index contributed by atoms with van der Waals surface area (Å²) in [6, 6.07) is 0. The highest BCUT2D eigenvalue weighted by molar-refractivity contribution is 6.18. The van der Waals surface area contributed by atoms with Crippen molar-refractivity contribution in [3.63, 3.8) is 0 Å². The number of hydrogen-bond donors (Lipinski definition) is 0. The lowest BCUT2D eigenvalue weighted by Crippen LogP contribution is -2.35. The van der Waals surface area contributed by atoms with E-state index in [1.54, 1.807) is 0 Å². The van der Waals surface area contributed by atoms with Crippen LogP contribution in [0.2, 0.25) is 0 Å². The Bertz CT molecular complexity index is 185. The number of nitrogens with zero attached hydrogens (tertiary/aromatic N) is 1. The molecule has 0 amide bonds. The van der Waals surface area contributed by atoms with Crippen molar-refractivity contribution in [2.45, 2.75) is 6.42 Å². The van der Waals surface area contributed by atoms with Gasteiger partial charge in [0, 0.05) is 12.5 Å². The first-order valence-electron chi connectivity index (χ1n) is 4.55. The van der Waals surface area contributed by atoms with Crippen LogP contribution in [0.25, 0.3) is 0 Å². The fourth-order valence-corrected chi connectivity index (χ4v) is 1.17. The highest BCUT2D eigenvalue weighted by atomic mass is 27.0. The minimum absolute atomic E-state index is 0.212. The number of carbonyl (C=O) groups is 1. The Balaban J connectivity index is 3.41. The van der Waals surface area contributed by atoms with Gasteiger partial charge >= 0.3 is 5.97 Å². The topological polar surface area (TPSA) is 26.3 Å². The maximum Gasteiger partial charge on any atom is 0.328 e. The van der Waals surface area contributed by atoms with Crippen molar-refractivity contribution in [2.24, 2.45) is 0 Å². The third-order valence-electron chi connectivity index (χ3n) is 1.52. The van der Waals surface area contributed by atoms with Crippen molar-refractivity contribution in [3.05, 3.63) is 11.0 Å². The zero-order valence-electron chi connectivity index (χ0n) is 9.04. The first kappa shape index (κ1) is 12.7. The van der Waals surface area contributed by atoms with E-state index in [4.69, 9.17) is 4.74 Å². The van der Waals surface area contributed by atoms with Crippen LogP contribution in [0.1, 0.15) is 6.42 Å². The van der Waals surface area contributed by atoms with Gasteiger partial charge in [0.25, 0.3) is 0 Å². The number of hydrogen-bond acceptors (Lipinski definition) is 2. The fourth-order valence-electron chi connectivity index (χ4n) is 0.896. The molecule has 3 nitrogen and oxygen atoms in total. The summed E-state index contributed by atoms with van der Waals surface area (Å²) in [6.07, 6.45) is 2.42. The molecule has 0 bridgehead atoms. The Morgan fingerprint density at radius 3 is 2.54 bits per heavy atom. The van der Waals surface area contributed by atoms with E-state index in [9.17, 15) is 4.79 Å². The molecule has 0 atom stereocenters. The number of rotatable bonds is 5. The van der Waals surface area contributed by atoms with Crippen molar-refractivity contribution in [1.29, 1.82) is 0 Å². The molecule has 0 spiro atoms. The molecule has 0 aromatic rings. The summed E-state index contributed by atoms with van der Waals surface area (Å²) < 4.78 is 5.88. The Morgan fingerprint density at radius 1 is 1.46 bits per heavy atom. The molecule has 0 aromatic carbocycles. The van der Waals surface area contributed by atoms with Crippen molar-refractivity contribution in [1.82, 2.24) is 0 Å². The van der Waals surface area contributed by atoms with Crippen molar-refractivity contribution in [3.8, 4) is 0 Å². The summed E-state index contributed by atoms with van der Waals surface area (Å²) in [4.78, 5) is 12.7. The molecular formula is C9H19AlNO2+. The van der Waals surface area contributed by atoms with Crippen LogP contribution in [0.15, 0.2) is 11.0 Å². The van der Waals surface area contributed by atoms with Gasteiger partial charge in [0.05, 0.1) is 34.3 Å². The molecule has 4 heteroatoms. The lowest BCUT2D eigenvalue weighted by molar-refractivity contribution is -0.870. The van der Waals surface area contributed by atoms with Gasteiger partial charge in [-0.05, 0) is 0 Å². The maximum absolute atomic E-state index is 10.9. The summed E-state index contributed by atoms with van der Waals surface area (Å²) >= 11 is 0.905. The Hall–Kier alpha value is -0.298. The predicted molar refractivity (Wildman–Crippen MR) is 56.2 cm³/mol. The van der Waals surface area contributed by atoms with Crippen LogP contribution in [0, 0.1) is 0 Å². The molecule has 0 saturated heterocycles. The number of carbonyl (C=O) groups excluding carboxylic acids is 1. The average molecular weight is 200 g/mol. The highest BCUT2D eigenvalue weighted by Crippen LogP contribution is 1.94. The van der Waals surface area contributed by atoms with Gasteiger partial charge in [-0.25, -0.2) is 4.79 Å².